The Morgan fingerprint density at radius 1 is 1.23 bits per heavy atom. The van der Waals surface area contributed by atoms with Gasteiger partial charge in [0.15, 0.2) is 11.3 Å². The molecule has 0 bridgehead atoms. The zero-order valence-corrected chi connectivity index (χ0v) is 21.5. The number of halogens is 1. The van der Waals surface area contributed by atoms with E-state index in [1.165, 1.54) is 0 Å². The Labute approximate surface area is 188 Å². The maximum absolute atomic E-state index is 11.7. The molecule has 0 saturated heterocycles. The van der Waals surface area contributed by atoms with Crippen LogP contribution in [0.3, 0.4) is 0 Å². The van der Waals surface area contributed by atoms with Crippen molar-refractivity contribution in [2.45, 2.75) is 78.1 Å². The molecule has 0 aliphatic rings. The number of unbranched alkanes of at least 4 members (excludes halogenated alkanes) is 1. The molecule has 0 unspecified atom stereocenters. The second-order valence-corrected chi connectivity index (χ2v) is 16.0. The molecule has 2 heterocycles. The topological polar surface area (TPSA) is 91.2 Å². The largest absolute Gasteiger partial charge is 0.444 e. The number of carbonyl (C=O) groups excluding carboxylic acids is 1. The predicted octanol–water partition coefficient (Wildman–Crippen LogP) is 4.75. The number of hydrogen-bond acceptors (Lipinski definition) is 6. The van der Waals surface area contributed by atoms with Gasteiger partial charge in [-0.05, 0) is 55.6 Å². The van der Waals surface area contributed by atoms with E-state index in [1.807, 2.05) is 25.3 Å². The number of aromatic nitrogens is 4. The molecule has 0 aliphatic carbocycles. The molecule has 168 valence electrons. The number of aryl methyl sites for hydroxylation is 1. The summed E-state index contributed by atoms with van der Waals surface area (Å²) >= 11 is 3.39. The van der Waals surface area contributed by atoms with E-state index in [2.05, 4.69) is 55.8 Å². The summed E-state index contributed by atoms with van der Waals surface area (Å²) in [6.07, 6.45) is 3.71. The third kappa shape index (κ3) is 8.69. The smallest absolute Gasteiger partial charge is 0.407 e. The second kappa shape index (κ2) is 10.7. The summed E-state index contributed by atoms with van der Waals surface area (Å²) < 4.78 is 13.9. The van der Waals surface area contributed by atoms with Crippen molar-refractivity contribution < 1.29 is 14.3 Å². The number of nitrogens with zero attached hydrogens (tertiary/aromatic N) is 4. The van der Waals surface area contributed by atoms with Gasteiger partial charge in [-0.3, -0.25) is 4.57 Å². The lowest BCUT2D eigenvalue weighted by Crippen LogP contribution is -2.33. The van der Waals surface area contributed by atoms with Crippen LogP contribution in [0.1, 0.15) is 39.4 Å². The number of ether oxygens (including phenoxy) is 2. The van der Waals surface area contributed by atoms with Crippen LogP contribution in [0.4, 0.5) is 4.79 Å². The van der Waals surface area contributed by atoms with Gasteiger partial charge in [-0.2, -0.15) is 0 Å². The minimum absolute atomic E-state index is 0.385. The van der Waals surface area contributed by atoms with Gasteiger partial charge in [-0.25, -0.2) is 19.7 Å². The lowest BCUT2D eigenvalue weighted by molar-refractivity contribution is 0.0527. The monoisotopic (exact) mass is 499 g/mol. The van der Waals surface area contributed by atoms with E-state index in [1.54, 1.807) is 6.20 Å². The Bertz CT molecular complexity index is 845. The molecule has 2 aromatic heterocycles. The highest BCUT2D eigenvalue weighted by atomic mass is 79.9. The van der Waals surface area contributed by atoms with E-state index < -0.39 is 13.7 Å². The fourth-order valence-electron chi connectivity index (χ4n) is 2.69. The Morgan fingerprint density at radius 2 is 1.97 bits per heavy atom. The van der Waals surface area contributed by atoms with E-state index in [9.17, 15) is 4.79 Å². The first-order valence-corrected chi connectivity index (χ1v) is 14.9. The number of alkyl carbamates (subject to hydrolysis) is 1. The fourth-order valence-corrected chi connectivity index (χ4v) is 3.72. The van der Waals surface area contributed by atoms with Gasteiger partial charge >= 0.3 is 6.09 Å². The summed E-state index contributed by atoms with van der Waals surface area (Å²) in [5, 5.41) is 2.79. The average Bonchev–Trinajstić information content (AvgIpc) is 2.93. The third-order valence-corrected chi connectivity index (χ3v) is 6.31. The molecular formula is C20H34BrN5O3Si. The minimum Gasteiger partial charge on any atom is -0.444 e. The number of hydrogen-bond donors (Lipinski definition) is 1. The van der Waals surface area contributed by atoms with Crippen molar-refractivity contribution >= 4 is 41.4 Å². The van der Waals surface area contributed by atoms with Crippen LogP contribution < -0.4 is 5.32 Å². The highest BCUT2D eigenvalue weighted by Crippen LogP contribution is 2.17. The minimum atomic E-state index is -1.14. The molecule has 1 amide bonds. The quantitative estimate of drug-likeness (QED) is 0.374. The van der Waals surface area contributed by atoms with Gasteiger partial charge in [0.1, 0.15) is 22.8 Å². The van der Waals surface area contributed by atoms with Crippen LogP contribution in [0.5, 0.6) is 0 Å². The van der Waals surface area contributed by atoms with Crippen molar-refractivity contribution in [3.63, 3.8) is 0 Å². The van der Waals surface area contributed by atoms with Crippen LogP contribution in [-0.2, 0) is 22.6 Å². The number of rotatable bonds is 10. The van der Waals surface area contributed by atoms with Crippen LogP contribution >= 0.6 is 15.9 Å². The first kappa shape index (κ1) is 24.7. The second-order valence-electron chi connectivity index (χ2n) is 9.53. The van der Waals surface area contributed by atoms with Crippen molar-refractivity contribution in [2.75, 3.05) is 13.2 Å². The molecule has 0 spiro atoms. The standard InChI is InChI=1S/C20H34BrN5O3Si/c1-20(2,3)29-19(27)22-10-8-7-9-16-25-17-18(24-15(21)13-23-17)26(16)14-28-11-12-30(4,5)6/h13H,7-12,14H2,1-6H3,(H,22,27). The molecule has 1 N–H and O–H groups in total. The zero-order valence-electron chi connectivity index (χ0n) is 18.9. The van der Waals surface area contributed by atoms with Gasteiger partial charge < -0.3 is 14.8 Å². The maximum atomic E-state index is 11.7. The number of fused-ring (bicyclic) bond motifs is 1. The zero-order chi connectivity index (χ0) is 22.4. The van der Waals surface area contributed by atoms with Crippen molar-refractivity contribution in [3.8, 4) is 0 Å². The first-order chi connectivity index (χ1) is 13.9. The molecule has 2 rings (SSSR count). The number of carbonyl (C=O) groups is 1. The van der Waals surface area contributed by atoms with Crippen molar-refractivity contribution in [1.29, 1.82) is 0 Å². The van der Waals surface area contributed by atoms with E-state index in [4.69, 9.17) is 9.47 Å². The SMILES string of the molecule is CC(C)(C)OC(=O)NCCCCc1nc2ncc(Br)nc2n1COCC[Si](C)(C)C. The molecule has 10 heteroatoms. The summed E-state index contributed by atoms with van der Waals surface area (Å²) in [5.74, 6) is 0.897. The Balaban J connectivity index is 1.92. The average molecular weight is 501 g/mol. The molecule has 0 aliphatic heterocycles. The number of imidazole rings is 1. The molecule has 2 aromatic rings. The lowest BCUT2D eigenvalue weighted by Gasteiger charge is -2.19. The molecule has 8 nitrogen and oxygen atoms in total. The summed E-state index contributed by atoms with van der Waals surface area (Å²) in [5.41, 5.74) is 0.853. The van der Waals surface area contributed by atoms with Gasteiger partial charge in [0.05, 0.1) is 6.20 Å². The summed E-state index contributed by atoms with van der Waals surface area (Å²) in [4.78, 5) is 25.3. The van der Waals surface area contributed by atoms with Crippen LogP contribution in [0.15, 0.2) is 10.8 Å². The van der Waals surface area contributed by atoms with Crippen LogP contribution in [0.25, 0.3) is 11.3 Å². The van der Waals surface area contributed by atoms with Crippen molar-refractivity contribution in [2.24, 2.45) is 0 Å². The molecule has 30 heavy (non-hydrogen) atoms. The van der Waals surface area contributed by atoms with E-state index in [0.717, 1.165) is 43.4 Å². The van der Waals surface area contributed by atoms with Crippen LogP contribution in [-0.4, -0.2) is 52.4 Å². The highest BCUT2D eigenvalue weighted by Gasteiger charge is 2.17. The summed E-state index contributed by atoms with van der Waals surface area (Å²) in [6.45, 7) is 14.3. The van der Waals surface area contributed by atoms with Crippen LogP contribution in [0, 0.1) is 0 Å². The van der Waals surface area contributed by atoms with Crippen molar-refractivity contribution in [3.05, 3.63) is 16.6 Å². The first-order valence-electron chi connectivity index (χ1n) is 10.4. The van der Waals surface area contributed by atoms with Gasteiger partial charge in [-0.1, -0.05) is 19.6 Å². The molecule has 0 atom stereocenters. The molecule has 0 radical (unpaired) electrons. The fraction of sp³-hybridized carbons (Fsp3) is 0.700. The van der Waals surface area contributed by atoms with E-state index in [0.29, 0.717) is 23.5 Å². The maximum Gasteiger partial charge on any atom is 0.407 e. The predicted molar refractivity (Wildman–Crippen MR) is 124 cm³/mol. The van der Waals surface area contributed by atoms with Gasteiger partial charge in [-0.15, -0.1) is 0 Å². The van der Waals surface area contributed by atoms with E-state index in [-0.39, 0.29) is 6.09 Å². The van der Waals surface area contributed by atoms with Crippen molar-refractivity contribution in [1.82, 2.24) is 24.8 Å². The summed E-state index contributed by atoms with van der Waals surface area (Å²) in [7, 11) is -1.14. The molecular weight excluding hydrogens is 466 g/mol. The Hall–Kier alpha value is -1.52. The summed E-state index contributed by atoms with van der Waals surface area (Å²) in [6, 6.07) is 1.11. The Morgan fingerprint density at radius 3 is 2.63 bits per heavy atom. The molecule has 0 aromatic carbocycles. The third-order valence-electron chi connectivity index (χ3n) is 4.22. The molecule has 0 saturated carbocycles. The van der Waals surface area contributed by atoms with Gasteiger partial charge in [0.2, 0.25) is 0 Å². The van der Waals surface area contributed by atoms with Gasteiger partial charge in [0.25, 0.3) is 0 Å². The van der Waals surface area contributed by atoms with Crippen LogP contribution in [0.2, 0.25) is 25.7 Å². The van der Waals surface area contributed by atoms with Gasteiger partial charge in [0, 0.05) is 27.6 Å². The van der Waals surface area contributed by atoms with E-state index >= 15 is 0 Å². The normalized spacial score (nSPS) is 12.4. The molecule has 0 fully saturated rings. The number of amides is 1. The lowest BCUT2D eigenvalue weighted by atomic mass is 10.2. The number of nitrogens with one attached hydrogen (secondary N) is 1. The Kier molecular flexibility index (Phi) is 8.81. The highest BCUT2D eigenvalue weighted by molar-refractivity contribution is 9.10.